The van der Waals surface area contributed by atoms with E-state index in [0.717, 1.165) is 42.7 Å². The van der Waals surface area contributed by atoms with Crippen LogP contribution in [0.4, 0.5) is 5.69 Å². The molecule has 0 aromatic heterocycles. The summed E-state index contributed by atoms with van der Waals surface area (Å²) >= 11 is 0. The number of para-hydroxylation sites is 1. The van der Waals surface area contributed by atoms with Crippen molar-refractivity contribution in [1.29, 1.82) is 0 Å². The topological polar surface area (TPSA) is 71.1 Å². The van der Waals surface area contributed by atoms with Crippen LogP contribution in [0.2, 0.25) is 0 Å². The average molecular weight is 486 g/mol. The summed E-state index contributed by atoms with van der Waals surface area (Å²) in [5, 5.41) is 3.53. The highest BCUT2D eigenvalue weighted by Gasteiger charge is 2.33. The van der Waals surface area contributed by atoms with Crippen molar-refractivity contribution in [1.82, 2.24) is 9.80 Å². The zero-order valence-corrected chi connectivity index (χ0v) is 20.7. The fraction of sp³-hybridized carbons (Fsp3) is 0.310. The van der Waals surface area contributed by atoms with Crippen LogP contribution in [-0.2, 0) is 11.3 Å². The van der Waals surface area contributed by atoms with Crippen molar-refractivity contribution < 1.29 is 19.1 Å². The summed E-state index contributed by atoms with van der Waals surface area (Å²) in [4.78, 5) is 29.7. The van der Waals surface area contributed by atoms with E-state index in [4.69, 9.17) is 9.47 Å². The Labute approximate surface area is 211 Å². The Morgan fingerprint density at radius 1 is 1.00 bits per heavy atom. The SMILES string of the molecule is COc1cc(C2Nc3ccccc3C(=O)N2Cc2ccc(C)cc2)ccc1OCC(=O)N1CCCC1. The molecule has 1 unspecified atom stereocenters. The van der Waals surface area contributed by atoms with E-state index in [9.17, 15) is 9.59 Å². The number of nitrogens with one attached hydrogen (secondary N) is 1. The van der Waals surface area contributed by atoms with E-state index in [2.05, 4.69) is 29.6 Å². The van der Waals surface area contributed by atoms with Crippen molar-refractivity contribution in [2.75, 3.05) is 32.1 Å². The molecule has 7 nitrogen and oxygen atoms in total. The third-order valence-corrected chi connectivity index (χ3v) is 6.81. The van der Waals surface area contributed by atoms with Gasteiger partial charge in [0.25, 0.3) is 11.8 Å². The summed E-state index contributed by atoms with van der Waals surface area (Å²) in [6.45, 7) is 4.06. The lowest BCUT2D eigenvalue weighted by Gasteiger charge is -2.38. The van der Waals surface area contributed by atoms with Gasteiger partial charge >= 0.3 is 0 Å². The van der Waals surface area contributed by atoms with Gasteiger partial charge in [-0.1, -0.05) is 48.0 Å². The van der Waals surface area contributed by atoms with Crippen molar-refractivity contribution >= 4 is 17.5 Å². The minimum absolute atomic E-state index is 0.0148. The number of aryl methyl sites for hydroxylation is 1. The number of carbonyl (C=O) groups is 2. The number of amides is 2. The highest BCUT2D eigenvalue weighted by molar-refractivity contribution is 6.01. The number of hydrogen-bond donors (Lipinski definition) is 1. The number of methoxy groups -OCH3 is 1. The zero-order chi connectivity index (χ0) is 25.1. The summed E-state index contributed by atoms with van der Waals surface area (Å²) in [6.07, 6.45) is 1.68. The number of nitrogens with zero attached hydrogens (tertiary/aromatic N) is 2. The molecule has 1 fully saturated rings. The first-order valence-corrected chi connectivity index (χ1v) is 12.3. The molecule has 1 saturated heterocycles. The quantitative estimate of drug-likeness (QED) is 0.522. The fourth-order valence-corrected chi connectivity index (χ4v) is 4.78. The molecular weight excluding hydrogens is 454 g/mol. The van der Waals surface area contributed by atoms with Gasteiger partial charge in [-0.2, -0.15) is 0 Å². The Hall–Kier alpha value is -4.00. The van der Waals surface area contributed by atoms with Crippen LogP contribution >= 0.6 is 0 Å². The van der Waals surface area contributed by atoms with Crippen LogP contribution in [-0.4, -0.2) is 48.4 Å². The summed E-state index contributed by atoms with van der Waals surface area (Å²) in [6, 6.07) is 21.4. The first kappa shape index (κ1) is 23.7. The van der Waals surface area contributed by atoms with Crippen molar-refractivity contribution in [2.24, 2.45) is 0 Å². The molecule has 2 aliphatic heterocycles. The van der Waals surface area contributed by atoms with Crippen molar-refractivity contribution in [2.45, 2.75) is 32.5 Å². The van der Waals surface area contributed by atoms with E-state index in [0.29, 0.717) is 23.6 Å². The number of rotatable bonds is 7. The molecule has 1 atom stereocenters. The molecule has 5 rings (SSSR count). The molecule has 2 aliphatic rings. The Kier molecular flexibility index (Phi) is 6.80. The molecule has 186 valence electrons. The molecule has 36 heavy (non-hydrogen) atoms. The lowest BCUT2D eigenvalue weighted by atomic mass is 10.0. The lowest BCUT2D eigenvalue weighted by Crippen LogP contribution is -2.42. The molecule has 0 saturated carbocycles. The molecule has 0 radical (unpaired) electrons. The summed E-state index contributed by atoms with van der Waals surface area (Å²) in [5.41, 5.74) is 4.52. The number of likely N-dealkylation sites (tertiary alicyclic amines) is 1. The molecular formula is C29H31N3O4. The van der Waals surface area contributed by atoms with Gasteiger partial charge in [0.2, 0.25) is 0 Å². The monoisotopic (exact) mass is 485 g/mol. The van der Waals surface area contributed by atoms with Gasteiger partial charge in [0.05, 0.1) is 12.7 Å². The number of fused-ring (bicyclic) bond motifs is 1. The van der Waals surface area contributed by atoms with Gasteiger partial charge < -0.3 is 24.6 Å². The van der Waals surface area contributed by atoms with E-state index >= 15 is 0 Å². The van der Waals surface area contributed by atoms with Gasteiger partial charge in [-0.3, -0.25) is 9.59 Å². The summed E-state index contributed by atoms with van der Waals surface area (Å²) < 4.78 is 11.5. The van der Waals surface area contributed by atoms with Gasteiger partial charge in [0, 0.05) is 25.3 Å². The Bertz CT molecular complexity index is 1250. The molecule has 7 heteroatoms. The third kappa shape index (κ3) is 4.87. The van der Waals surface area contributed by atoms with E-state index in [1.54, 1.807) is 7.11 Å². The van der Waals surface area contributed by atoms with E-state index < -0.39 is 6.17 Å². The van der Waals surface area contributed by atoms with E-state index in [1.807, 2.05) is 59.2 Å². The van der Waals surface area contributed by atoms with Crippen LogP contribution in [0.3, 0.4) is 0 Å². The molecule has 0 spiro atoms. The van der Waals surface area contributed by atoms with Gasteiger partial charge in [0.1, 0.15) is 6.17 Å². The Morgan fingerprint density at radius 3 is 2.50 bits per heavy atom. The largest absolute Gasteiger partial charge is 0.493 e. The second kappa shape index (κ2) is 10.3. The molecule has 1 N–H and O–H groups in total. The summed E-state index contributed by atoms with van der Waals surface area (Å²) in [5.74, 6) is 0.969. The first-order valence-electron chi connectivity index (χ1n) is 12.3. The van der Waals surface area contributed by atoms with Crippen LogP contribution in [0.25, 0.3) is 0 Å². The standard InChI is InChI=1S/C29H31N3O4/c1-20-9-11-21(12-10-20)18-32-28(30-24-8-4-3-7-23(24)29(32)34)22-13-14-25(26(17-22)35-2)36-19-27(33)31-15-5-6-16-31/h3-4,7-14,17,28,30H,5-6,15-16,18-19H2,1-2H3. The van der Waals surface area contributed by atoms with E-state index in [1.165, 1.54) is 5.56 Å². The maximum atomic E-state index is 13.6. The first-order chi connectivity index (χ1) is 17.5. The number of anilines is 1. The zero-order valence-electron chi connectivity index (χ0n) is 20.7. The van der Waals surface area contributed by atoms with Crippen LogP contribution < -0.4 is 14.8 Å². The van der Waals surface area contributed by atoms with Gasteiger partial charge in [-0.15, -0.1) is 0 Å². The van der Waals surface area contributed by atoms with Crippen LogP contribution in [0.5, 0.6) is 11.5 Å². The lowest BCUT2D eigenvalue weighted by molar-refractivity contribution is -0.132. The Morgan fingerprint density at radius 2 is 1.75 bits per heavy atom. The van der Waals surface area contributed by atoms with E-state index in [-0.39, 0.29) is 18.4 Å². The maximum absolute atomic E-state index is 13.6. The molecule has 2 heterocycles. The minimum atomic E-state index is -0.400. The smallest absolute Gasteiger partial charge is 0.260 e. The minimum Gasteiger partial charge on any atom is -0.493 e. The van der Waals surface area contributed by atoms with Crippen molar-refractivity contribution in [3.05, 3.63) is 89.0 Å². The van der Waals surface area contributed by atoms with Gasteiger partial charge in [-0.25, -0.2) is 0 Å². The predicted molar refractivity (Wildman–Crippen MR) is 138 cm³/mol. The number of benzene rings is 3. The molecule has 2 amide bonds. The van der Waals surface area contributed by atoms with Crippen molar-refractivity contribution in [3.63, 3.8) is 0 Å². The van der Waals surface area contributed by atoms with Crippen LogP contribution in [0.15, 0.2) is 66.7 Å². The number of ether oxygens (including phenoxy) is 2. The normalized spacial score (nSPS) is 16.9. The highest BCUT2D eigenvalue weighted by atomic mass is 16.5. The molecule has 0 bridgehead atoms. The van der Waals surface area contributed by atoms with Crippen LogP contribution in [0.1, 0.15) is 46.1 Å². The van der Waals surface area contributed by atoms with Gasteiger partial charge in [-0.05, 0) is 55.2 Å². The second-order valence-corrected chi connectivity index (χ2v) is 9.30. The van der Waals surface area contributed by atoms with Gasteiger partial charge in [0.15, 0.2) is 18.1 Å². The fourth-order valence-electron chi connectivity index (χ4n) is 4.78. The molecule has 3 aromatic rings. The third-order valence-electron chi connectivity index (χ3n) is 6.81. The van der Waals surface area contributed by atoms with Crippen LogP contribution in [0, 0.1) is 6.92 Å². The predicted octanol–water partition coefficient (Wildman–Crippen LogP) is 4.77. The second-order valence-electron chi connectivity index (χ2n) is 9.30. The van der Waals surface area contributed by atoms with Crippen molar-refractivity contribution in [3.8, 4) is 11.5 Å². The average Bonchev–Trinajstić information content (AvgIpc) is 3.45. The number of hydrogen-bond acceptors (Lipinski definition) is 5. The molecule has 3 aromatic carbocycles. The highest BCUT2D eigenvalue weighted by Crippen LogP contribution is 2.37. The molecule has 0 aliphatic carbocycles. The summed E-state index contributed by atoms with van der Waals surface area (Å²) in [7, 11) is 1.58. The Balaban J connectivity index is 1.42. The maximum Gasteiger partial charge on any atom is 0.260 e. The number of carbonyl (C=O) groups excluding carboxylic acids is 2.